The first kappa shape index (κ1) is 14.2. The zero-order chi connectivity index (χ0) is 13.8. The van der Waals surface area contributed by atoms with Crippen LogP contribution in [0.1, 0.15) is 13.3 Å². The van der Waals surface area contributed by atoms with Crippen LogP contribution in [0.4, 0.5) is 11.4 Å². The van der Waals surface area contributed by atoms with E-state index in [4.69, 9.17) is 5.73 Å². The van der Waals surface area contributed by atoms with Gasteiger partial charge in [0, 0.05) is 23.2 Å². The van der Waals surface area contributed by atoms with Crippen LogP contribution in [0.25, 0.3) is 0 Å². The Morgan fingerprint density at radius 2 is 2.37 bits per heavy atom. The SMILES string of the molecule is CC(C(=O)Nc1cccc(N)c1)N(C)C1CCSC1. The zero-order valence-electron chi connectivity index (χ0n) is 11.4. The molecule has 1 amide bonds. The highest BCUT2D eigenvalue weighted by molar-refractivity contribution is 7.99. The molecule has 4 nitrogen and oxygen atoms in total. The summed E-state index contributed by atoms with van der Waals surface area (Å²) < 4.78 is 0. The number of nitrogen functional groups attached to an aromatic ring is 1. The van der Waals surface area contributed by atoms with Gasteiger partial charge in [0.25, 0.3) is 0 Å². The molecule has 1 heterocycles. The Kier molecular flexibility index (Phi) is 4.71. The van der Waals surface area contributed by atoms with Crippen LogP contribution in [0.3, 0.4) is 0 Å². The van der Waals surface area contributed by atoms with Gasteiger partial charge in [0.2, 0.25) is 5.91 Å². The van der Waals surface area contributed by atoms with E-state index < -0.39 is 0 Å². The fraction of sp³-hybridized carbons (Fsp3) is 0.500. The number of amides is 1. The number of rotatable bonds is 4. The minimum Gasteiger partial charge on any atom is -0.399 e. The number of carbonyl (C=O) groups excluding carboxylic acids is 1. The van der Waals surface area contributed by atoms with Crippen LogP contribution in [0.2, 0.25) is 0 Å². The summed E-state index contributed by atoms with van der Waals surface area (Å²) in [5.41, 5.74) is 7.12. The molecule has 3 N–H and O–H groups in total. The van der Waals surface area contributed by atoms with Gasteiger partial charge in [0.15, 0.2) is 0 Å². The third kappa shape index (κ3) is 3.64. The maximum atomic E-state index is 12.2. The van der Waals surface area contributed by atoms with Gasteiger partial charge in [-0.2, -0.15) is 11.8 Å². The maximum absolute atomic E-state index is 12.2. The van der Waals surface area contributed by atoms with Crippen molar-refractivity contribution in [2.24, 2.45) is 0 Å². The predicted molar refractivity (Wildman–Crippen MR) is 82.4 cm³/mol. The molecule has 0 aliphatic carbocycles. The lowest BCUT2D eigenvalue weighted by Gasteiger charge is -2.29. The lowest BCUT2D eigenvalue weighted by molar-refractivity contribution is -0.120. The Hall–Kier alpha value is -1.20. The standard InChI is InChI=1S/C14H21N3OS/c1-10(17(2)13-6-7-19-9-13)14(18)16-12-5-3-4-11(15)8-12/h3-5,8,10,13H,6-7,9,15H2,1-2H3,(H,16,18). The van der Waals surface area contributed by atoms with E-state index in [0.717, 1.165) is 17.9 Å². The van der Waals surface area contributed by atoms with E-state index in [1.807, 2.05) is 37.9 Å². The second-order valence-corrected chi connectivity index (χ2v) is 6.12. The average Bonchev–Trinajstić information content (AvgIpc) is 2.90. The highest BCUT2D eigenvalue weighted by Gasteiger charge is 2.27. The first-order valence-electron chi connectivity index (χ1n) is 6.54. The van der Waals surface area contributed by atoms with Gasteiger partial charge in [-0.3, -0.25) is 9.69 Å². The number of nitrogens with one attached hydrogen (secondary N) is 1. The molecule has 0 aromatic heterocycles. The van der Waals surface area contributed by atoms with E-state index in [2.05, 4.69) is 10.2 Å². The molecule has 19 heavy (non-hydrogen) atoms. The fourth-order valence-corrected chi connectivity index (χ4v) is 3.49. The van der Waals surface area contributed by atoms with Gasteiger partial charge in [0.1, 0.15) is 0 Å². The van der Waals surface area contributed by atoms with Gasteiger partial charge in [0.05, 0.1) is 6.04 Å². The van der Waals surface area contributed by atoms with Crippen molar-refractivity contribution in [2.45, 2.75) is 25.4 Å². The van der Waals surface area contributed by atoms with Crippen molar-refractivity contribution in [1.29, 1.82) is 0 Å². The van der Waals surface area contributed by atoms with Crippen molar-refractivity contribution in [1.82, 2.24) is 4.90 Å². The maximum Gasteiger partial charge on any atom is 0.241 e. The average molecular weight is 279 g/mol. The van der Waals surface area contributed by atoms with E-state index >= 15 is 0 Å². The minimum atomic E-state index is -0.134. The van der Waals surface area contributed by atoms with Crippen LogP contribution in [0.15, 0.2) is 24.3 Å². The Bertz CT molecular complexity index is 446. The second kappa shape index (κ2) is 6.30. The monoisotopic (exact) mass is 279 g/mol. The minimum absolute atomic E-state index is 0.0185. The summed E-state index contributed by atoms with van der Waals surface area (Å²) in [6.45, 7) is 1.95. The molecule has 1 saturated heterocycles. The van der Waals surface area contributed by atoms with Crippen LogP contribution in [0, 0.1) is 0 Å². The molecule has 1 aromatic rings. The smallest absolute Gasteiger partial charge is 0.241 e. The topological polar surface area (TPSA) is 58.4 Å². The van der Waals surface area contributed by atoms with Crippen molar-refractivity contribution in [3.05, 3.63) is 24.3 Å². The van der Waals surface area contributed by atoms with Crippen LogP contribution in [0.5, 0.6) is 0 Å². The van der Waals surface area contributed by atoms with Crippen molar-refractivity contribution in [3.8, 4) is 0 Å². The summed E-state index contributed by atoms with van der Waals surface area (Å²) in [6.07, 6.45) is 1.16. The number of benzene rings is 1. The number of likely N-dealkylation sites (N-methyl/N-ethyl adjacent to an activating group) is 1. The van der Waals surface area contributed by atoms with E-state index in [1.165, 1.54) is 5.75 Å². The molecule has 0 radical (unpaired) electrons. The number of hydrogen-bond acceptors (Lipinski definition) is 4. The first-order valence-corrected chi connectivity index (χ1v) is 7.69. The highest BCUT2D eigenvalue weighted by atomic mass is 32.2. The fourth-order valence-electron chi connectivity index (χ4n) is 2.21. The van der Waals surface area contributed by atoms with Crippen LogP contribution in [-0.4, -0.2) is 41.4 Å². The van der Waals surface area contributed by atoms with Gasteiger partial charge < -0.3 is 11.1 Å². The van der Waals surface area contributed by atoms with Crippen LogP contribution < -0.4 is 11.1 Å². The van der Waals surface area contributed by atoms with Gasteiger partial charge in [-0.1, -0.05) is 6.07 Å². The normalized spacial score (nSPS) is 20.5. The molecule has 1 fully saturated rings. The lowest BCUT2D eigenvalue weighted by atomic mass is 10.1. The van der Waals surface area contributed by atoms with E-state index in [9.17, 15) is 4.79 Å². The molecule has 0 saturated carbocycles. The van der Waals surface area contributed by atoms with E-state index in [-0.39, 0.29) is 11.9 Å². The summed E-state index contributed by atoms with van der Waals surface area (Å²) in [5, 5.41) is 2.92. The van der Waals surface area contributed by atoms with Crippen molar-refractivity contribution in [2.75, 3.05) is 29.6 Å². The molecule has 0 spiro atoms. The van der Waals surface area contributed by atoms with Gasteiger partial charge in [-0.25, -0.2) is 0 Å². The summed E-state index contributed by atoms with van der Waals surface area (Å²) in [5.74, 6) is 2.33. The lowest BCUT2D eigenvalue weighted by Crippen LogP contribution is -2.45. The molecule has 2 unspecified atom stereocenters. The number of carbonyl (C=O) groups is 1. The number of anilines is 2. The zero-order valence-corrected chi connectivity index (χ0v) is 12.2. The number of nitrogens with two attached hydrogens (primary N) is 1. The van der Waals surface area contributed by atoms with Crippen molar-refractivity contribution >= 4 is 29.0 Å². The molecule has 104 valence electrons. The third-order valence-corrected chi connectivity index (χ3v) is 4.77. The van der Waals surface area contributed by atoms with E-state index in [1.54, 1.807) is 12.1 Å². The number of thioether (sulfide) groups is 1. The Labute approximate surface area is 118 Å². The molecular weight excluding hydrogens is 258 g/mol. The summed E-state index contributed by atoms with van der Waals surface area (Å²) in [4.78, 5) is 14.4. The third-order valence-electron chi connectivity index (χ3n) is 3.63. The molecule has 2 atom stereocenters. The van der Waals surface area contributed by atoms with Crippen LogP contribution in [-0.2, 0) is 4.79 Å². The molecule has 1 aliphatic rings. The summed E-state index contributed by atoms with van der Waals surface area (Å²) >= 11 is 1.96. The Morgan fingerprint density at radius 1 is 1.58 bits per heavy atom. The van der Waals surface area contributed by atoms with E-state index in [0.29, 0.717) is 11.7 Å². The largest absolute Gasteiger partial charge is 0.399 e. The molecule has 0 bridgehead atoms. The number of hydrogen-bond donors (Lipinski definition) is 2. The Morgan fingerprint density at radius 3 is 3.00 bits per heavy atom. The van der Waals surface area contributed by atoms with Crippen molar-refractivity contribution in [3.63, 3.8) is 0 Å². The first-order chi connectivity index (χ1) is 9.08. The Balaban J connectivity index is 1.95. The second-order valence-electron chi connectivity index (χ2n) is 4.97. The summed E-state index contributed by atoms with van der Waals surface area (Å²) in [7, 11) is 2.03. The number of nitrogens with zero attached hydrogens (tertiary/aromatic N) is 1. The summed E-state index contributed by atoms with van der Waals surface area (Å²) in [6, 6.07) is 7.65. The predicted octanol–water partition coefficient (Wildman–Crippen LogP) is 2.03. The van der Waals surface area contributed by atoms with Gasteiger partial charge >= 0.3 is 0 Å². The van der Waals surface area contributed by atoms with Crippen molar-refractivity contribution < 1.29 is 4.79 Å². The molecule has 5 heteroatoms. The van der Waals surface area contributed by atoms with Gasteiger partial charge in [-0.05, 0) is 44.3 Å². The molecule has 1 aliphatic heterocycles. The van der Waals surface area contributed by atoms with Gasteiger partial charge in [-0.15, -0.1) is 0 Å². The molecular formula is C14H21N3OS. The molecule has 1 aromatic carbocycles. The van der Waals surface area contributed by atoms with Crippen LogP contribution >= 0.6 is 11.8 Å². The quantitative estimate of drug-likeness (QED) is 0.828. The molecule has 2 rings (SSSR count). The highest BCUT2D eigenvalue weighted by Crippen LogP contribution is 2.23.